The van der Waals surface area contributed by atoms with E-state index in [2.05, 4.69) is 16.0 Å². The van der Waals surface area contributed by atoms with Gasteiger partial charge >= 0.3 is 6.03 Å². The van der Waals surface area contributed by atoms with Gasteiger partial charge in [-0.1, -0.05) is 53.6 Å². The predicted molar refractivity (Wildman–Crippen MR) is 127 cm³/mol. The van der Waals surface area contributed by atoms with Crippen molar-refractivity contribution in [2.75, 3.05) is 19.0 Å². The molecule has 2 aromatic rings. The third-order valence-electron chi connectivity index (χ3n) is 4.98. The molecule has 0 spiro atoms. The molecule has 3 amide bonds. The van der Waals surface area contributed by atoms with Crippen LogP contribution >= 0.6 is 23.2 Å². The van der Waals surface area contributed by atoms with E-state index in [1.807, 2.05) is 0 Å². The zero-order valence-corrected chi connectivity index (χ0v) is 19.4. The SMILES string of the molecule is COc1ccccc1NC(=O)N[C@@H]1C=C[C@H](CC(=O)NCc2ccc(Cl)c(Cl)c2)O[C@H]1CO. The number of methoxy groups -OCH3 is 1. The molecule has 0 aromatic heterocycles. The van der Waals surface area contributed by atoms with Crippen LogP contribution in [-0.2, 0) is 16.1 Å². The molecule has 176 valence electrons. The van der Waals surface area contributed by atoms with E-state index in [1.54, 1.807) is 54.6 Å². The Balaban J connectivity index is 1.51. The Morgan fingerprint density at radius 3 is 2.64 bits per heavy atom. The number of carbonyl (C=O) groups excluding carboxylic acids is 2. The third-order valence-corrected chi connectivity index (χ3v) is 5.72. The summed E-state index contributed by atoms with van der Waals surface area (Å²) in [5.41, 5.74) is 1.33. The van der Waals surface area contributed by atoms with Gasteiger partial charge in [0.1, 0.15) is 11.9 Å². The second kappa shape index (κ2) is 11.9. The van der Waals surface area contributed by atoms with Crippen molar-refractivity contribution >= 4 is 40.8 Å². The molecule has 4 N–H and O–H groups in total. The largest absolute Gasteiger partial charge is 0.495 e. The van der Waals surface area contributed by atoms with Crippen molar-refractivity contribution in [1.29, 1.82) is 0 Å². The zero-order chi connectivity index (χ0) is 23.8. The Morgan fingerprint density at radius 2 is 1.91 bits per heavy atom. The average molecular weight is 494 g/mol. The van der Waals surface area contributed by atoms with Crippen LogP contribution in [0.25, 0.3) is 0 Å². The van der Waals surface area contributed by atoms with Crippen LogP contribution in [0, 0.1) is 0 Å². The molecule has 33 heavy (non-hydrogen) atoms. The molecular weight excluding hydrogens is 469 g/mol. The molecule has 0 radical (unpaired) electrons. The molecule has 3 atom stereocenters. The van der Waals surface area contributed by atoms with Crippen LogP contribution in [0.1, 0.15) is 12.0 Å². The number of para-hydroxylation sites is 2. The monoisotopic (exact) mass is 493 g/mol. The molecule has 8 nitrogen and oxygen atoms in total. The summed E-state index contributed by atoms with van der Waals surface area (Å²) in [6.07, 6.45) is 2.23. The topological polar surface area (TPSA) is 109 Å². The van der Waals surface area contributed by atoms with Gasteiger partial charge in [0.15, 0.2) is 0 Å². The standard InChI is InChI=1S/C23H25Cl2N3O5/c1-32-20-5-3-2-4-18(20)27-23(31)28-19-9-7-15(33-21(19)13-29)11-22(30)26-12-14-6-8-16(24)17(25)10-14/h2-10,15,19,21,29H,11-13H2,1H3,(H,26,30)(H2,27,28,31)/t15-,19-,21+/m1/s1. The van der Waals surface area contributed by atoms with Crippen molar-refractivity contribution in [3.8, 4) is 5.75 Å². The highest BCUT2D eigenvalue weighted by molar-refractivity contribution is 6.42. The Hall–Kier alpha value is -2.78. The molecule has 1 aliphatic heterocycles. The lowest BCUT2D eigenvalue weighted by molar-refractivity contribution is -0.125. The van der Waals surface area contributed by atoms with Crippen molar-refractivity contribution in [3.05, 3.63) is 70.2 Å². The van der Waals surface area contributed by atoms with Gasteiger partial charge in [-0.25, -0.2) is 4.79 Å². The first-order valence-electron chi connectivity index (χ1n) is 10.3. The lowest BCUT2D eigenvalue weighted by atomic mass is 10.0. The lowest BCUT2D eigenvalue weighted by Crippen LogP contribution is -2.50. The molecular formula is C23H25Cl2N3O5. The molecule has 0 saturated heterocycles. The number of anilines is 1. The Labute approximate surface area is 201 Å². The second-order valence-electron chi connectivity index (χ2n) is 7.33. The summed E-state index contributed by atoms with van der Waals surface area (Å²) in [4.78, 5) is 24.7. The van der Waals surface area contributed by atoms with Gasteiger partial charge in [0.25, 0.3) is 0 Å². The van der Waals surface area contributed by atoms with Crippen molar-refractivity contribution in [2.24, 2.45) is 0 Å². The number of benzene rings is 2. The van der Waals surface area contributed by atoms with Crippen LogP contribution in [0.2, 0.25) is 10.0 Å². The fourth-order valence-electron chi connectivity index (χ4n) is 3.30. The second-order valence-corrected chi connectivity index (χ2v) is 8.15. The number of nitrogens with one attached hydrogen (secondary N) is 3. The Bertz CT molecular complexity index is 1020. The molecule has 1 heterocycles. The molecule has 1 aliphatic rings. The number of aliphatic hydroxyl groups excluding tert-OH is 1. The molecule has 0 aliphatic carbocycles. The molecule has 3 rings (SSSR count). The van der Waals surface area contributed by atoms with Crippen molar-refractivity contribution in [3.63, 3.8) is 0 Å². The Kier molecular flexibility index (Phi) is 8.96. The summed E-state index contributed by atoms with van der Waals surface area (Å²) >= 11 is 11.9. The first-order chi connectivity index (χ1) is 15.9. The smallest absolute Gasteiger partial charge is 0.319 e. The van der Waals surface area contributed by atoms with Gasteiger partial charge in [-0.15, -0.1) is 0 Å². The van der Waals surface area contributed by atoms with E-state index in [0.29, 0.717) is 28.0 Å². The van der Waals surface area contributed by atoms with E-state index in [9.17, 15) is 14.7 Å². The Morgan fingerprint density at radius 1 is 1.12 bits per heavy atom. The van der Waals surface area contributed by atoms with Gasteiger partial charge in [-0.2, -0.15) is 0 Å². The highest BCUT2D eigenvalue weighted by atomic mass is 35.5. The molecule has 0 bridgehead atoms. The fraction of sp³-hybridized carbons (Fsp3) is 0.304. The van der Waals surface area contributed by atoms with Crippen LogP contribution in [-0.4, -0.2) is 49.0 Å². The van der Waals surface area contributed by atoms with Gasteiger partial charge in [0.2, 0.25) is 5.91 Å². The maximum Gasteiger partial charge on any atom is 0.319 e. The van der Waals surface area contributed by atoms with E-state index in [4.69, 9.17) is 32.7 Å². The number of ether oxygens (including phenoxy) is 2. The summed E-state index contributed by atoms with van der Waals surface area (Å²) in [5, 5.41) is 18.8. The van der Waals surface area contributed by atoms with Crippen molar-refractivity contribution < 1.29 is 24.2 Å². The van der Waals surface area contributed by atoms with Gasteiger partial charge in [-0.05, 0) is 29.8 Å². The van der Waals surface area contributed by atoms with Crippen LogP contribution in [0.3, 0.4) is 0 Å². The molecule has 2 aromatic carbocycles. The van der Waals surface area contributed by atoms with Crippen LogP contribution in [0.15, 0.2) is 54.6 Å². The third kappa shape index (κ3) is 7.10. The van der Waals surface area contributed by atoms with Crippen LogP contribution in [0.5, 0.6) is 5.75 Å². The maximum absolute atomic E-state index is 12.4. The van der Waals surface area contributed by atoms with E-state index >= 15 is 0 Å². The van der Waals surface area contributed by atoms with E-state index in [-0.39, 0.29) is 18.9 Å². The summed E-state index contributed by atoms with van der Waals surface area (Å²) in [5.74, 6) is 0.293. The molecule has 0 fully saturated rings. The predicted octanol–water partition coefficient (Wildman–Crippen LogP) is 3.51. The van der Waals surface area contributed by atoms with Gasteiger partial charge in [0, 0.05) is 6.54 Å². The minimum atomic E-state index is -0.703. The number of carbonyl (C=O) groups is 2. The minimum absolute atomic E-state index is 0.0639. The van der Waals surface area contributed by atoms with Gasteiger partial charge in [0.05, 0.1) is 48.0 Å². The highest BCUT2D eigenvalue weighted by Crippen LogP contribution is 2.24. The number of hydrogen-bond acceptors (Lipinski definition) is 5. The average Bonchev–Trinajstić information content (AvgIpc) is 2.81. The summed E-state index contributed by atoms with van der Waals surface area (Å²) in [6.45, 7) is -0.0335. The number of amides is 3. The van der Waals surface area contributed by atoms with E-state index < -0.39 is 24.3 Å². The first kappa shape index (κ1) is 24.9. The van der Waals surface area contributed by atoms with Crippen LogP contribution in [0.4, 0.5) is 10.5 Å². The van der Waals surface area contributed by atoms with E-state index in [0.717, 1.165) is 5.56 Å². The summed E-state index contributed by atoms with van der Waals surface area (Å²) in [7, 11) is 1.51. The fourth-order valence-corrected chi connectivity index (χ4v) is 3.62. The summed E-state index contributed by atoms with van der Waals surface area (Å²) in [6, 6.07) is 11.1. The lowest BCUT2D eigenvalue weighted by Gasteiger charge is -2.31. The maximum atomic E-state index is 12.4. The minimum Gasteiger partial charge on any atom is -0.495 e. The number of halogens is 2. The molecule has 10 heteroatoms. The highest BCUT2D eigenvalue weighted by Gasteiger charge is 2.29. The van der Waals surface area contributed by atoms with E-state index in [1.165, 1.54) is 7.11 Å². The quantitative estimate of drug-likeness (QED) is 0.420. The van der Waals surface area contributed by atoms with Gasteiger partial charge < -0.3 is 30.5 Å². The zero-order valence-electron chi connectivity index (χ0n) is 17.9. The van der Waals surface area contributed by atoms with Gasteiger partial charge in [-0.3, -0.25) is 4.79 Å². The van der Waals surface area contributed by atoms with Crippen molar-refractivity contribution in [2.45, 2.75) is 31.2 Å². The number of rotatable bonds is 8. The molecule has 0 saturated carbocycles. The number of urea groups is 1. The summed E-state index contributed by atoms with van der Waals surface area (Å²) < 4.78 is 11.0. The number of aliphatic hydroxyl groups is 1. The first-order valence-corrected chi connectivity index (χ1v) is 11.0. The van der Waals surface area contributed by atoms with Crippen LogP contribution < -0.4 is 20.7 Å². The normalized spacial score (nSPS) is 19.6. The molecule has 0 unspecified atom stereocenters. The number of hydrogen-bond donors (Lipinski definition) is 4. The van der Waals surface area contributed by atoms with Crippen molar-refractivity contribution in [1.82, 2.24) is 10.6 Å².